The maximum Gasteiger partial charge on any atom is 0.305 e. The molecule has 2 saturated heterocycles. The lowest BCUT2D eigenvalue weighted by Crippen LogP contribution is -2.34. The summed E-state index contributed by atoms with van der Waals surface area (Å²) in [6.45, 7) is 8.32. The van der Waals surface area contributed by atoms with Gasteiger partial charge in [-0.2, -0.15) is 0 Å². The molecule has 0 amide bonds. The zero-order chi connectivity index (χ0) is 29.7. The predicted octanol–water partition coefficient (Wildman–Crippen LogP) is 8.80. The molecule has 0 bridgehead atoms. The van der Waals surface area contributed by atoms with E-state index in [1.165, 1.54) is 31.1 Å². The Morgan fingerprint density at radius 1 is 1.00 bits per heavy atom. The van der Waals surface area contributed by atoms with Crippen molar-refractivity contribution in [3.05, 3.63) is 35.1 Å². The van der Waals surface area contributed by atoms with E-state index in [2.05, 4.69) is 39.0 Å². The summed E-state index contributed by atoms with van der Waals surface area (Å²) in [6.07, 6.45) is 23.8. The molecule has 2 aliphatic heterocycles. The minimum Gasteiger partial charge on any atom is -0.469 e. The number of hydrogen-bond acceptors (Lipinski definition) is 6. The molecule has 6 heteroatoms. The first-order valence-electron chi connectivity index (χ1n) is 17.1. The van der Waals surface area contributed by atoms with E-state index in [4.69, 9.17) is 23.7 Å². The molecule has 3 fully saturated rings. The van der Waals surface area contributed by atoms with Gasteiger partial charge >= 0.3 is 5.97 Å². The van der Waals surface area contributed by atoms with Gasteiger partial charge < -0.3 is 23.7 Å². The van der Waals surface area contributed by atoms with Gasteiger partial charge in [0.2, 0.25) is 0 Å². The number of methoxy groups -OCH3 is 1. The Kier molecular flexibility index (Phi) is 13.9. The van der Waals surface area contributed by atoms with Crippen LogP contribution >= 0.6 is 0 Å². The lowest BCUT2D eigenvalue weighted by atomic mass is 9.86. The average molecular weight is 587 g/mol. The van der Waals surface area contributed by atoms with E-state index < -0.39 is 0 Å². The lowest BCUT2D eigenvalue weighted by molar-refractivity contribution is -0.200. The van der Waals surface area contributed by atoms with E-state index in [9.17, 15) is 4.79 Å². The Balaban J connectivity index is 1.46. The highest BCUT2D eigenvalue weighted by atomic mass is 16.7. The molecular weight excluding hydrogens is 528 g/mol. The van der Waals surface area contributed by atoms with Gasteiger partial charge in [0.1, 0.15) is 5.76 Å². The highest BCUT2D eigenvalue weighted by Crippen LogP contribution is 2.52. The van der Waals surface area contributed by atoms with Crippen molar-refractivity contribution in [1.82, 2.24) is 0 Å². The largest absolute Gasteiger partial charge is 0.469 e. The Morgan fingerprint density at radius 2 is 1.71 bits per heavy atom. The summed E-state index contributed by atoms with van der Waals surface area (Å²) in [5.74, 6) is 2.87. The van der Waals surface area contributed by atoms with Crippen LogP contribution in [-0.2, 0) is 28.5 Å². The van der Waals surface area contributed by atoms with Crippen molar-refractivity contribution in [2.24, 2.45) is 23.7 Å². The monoisotopic (exact) mass is 586 g/mol. The number of allylic oxidation sites excluding steroid dienone is 5. The van der Waals surface area contributed by atoms with Gasteiger partial charge in [-0.15, -0.1) is 0 Å². The standard InChI is InChI=1S/C36H58O6/c1-26(2)13-11-14-27(3)15-12-17-31(41-34-19-7-9-21-39-34)36-30-24-28(16-5-6-18-33(37)38-4)23-29(30)25-32(36)42-35-20-8-10-22-40-35/h13,17,23,27,29-30,32,34-36H,5-12,14-16,18-22,24-25H2,1-4H3/t27-,29-,30-,32-,34?,35?,36-/m1/s1. The van der Waals surface area contributed by atoms with Gasteiger partial charge in [-0.3, -0.25) is 4.79 Å². The Labute approximate surface area is 255 Å². The molecule has 42 heavy (non-hydrogen) atoms. The Morgan fingerprint density at radius 3 is 2.38 bits per heavy atom. The first-order valence-corrected chi connectivity index (χ1v) is 17.1. The second-order valence-corrected chi connectivity index (χ2v) is 13.4. The van der Waals surface area contributed by atoms with Gasteiger partial charge in [0.15, 0.2) is 12.6 Å². The highest BCUT2D eigenvalue weighted by molar-refractivity contribution is 5.68. The van der Waals surface area contributed by atoms with Crippen LogP contribution in [0.2, 0.25) is 0 Å². The quantitative estimate of drug-likeness (QED) is 0.0779. The summed E-state index contributed by atoms with van der Waals surface area (Å²) < 4.78 is 30.6. The van der Waals surface area contributed by atoms with Crippen molar-refractivity contribution in [2.45, 2.75) is 142 Å². The molecule has 238 valence electrons. The maximum atomic E-state index is 11.6. The molecular formula is C36H58O6. The summed E-state index contributed by atoms with van der Waals surface area (Å²) in [6, 6.07) is 0. The summed E-state index contributed by atoms with van der Waals surface area (Å²) >= 11 is 0. The van der Waals surface area contributed by atoms with E-state index in [1.54, 1.807) is 0 Å². The van der Waals surface area contributed by atoms with Gasteiger partial charge in [-0.05, 0) is 128 Å². The first-order chi connectivity index (χ1) is 20.4. The van der Waals surface area contributed by atoms with Crippen LogP contribution in [0, 0.1) is 23.7 Å². The summed E-state index contributed by atoms with van der Waals surface area (Å²) in [7, 11) is 1.47. The van der Waals surface area contributed by atoms with Gasteiger partial charge in [-0.25, -0.2) is 0 Å². The summed E-state index contributed by atoms with van der Waals surface area (Å²) in [4.78, 5) is 11.6. The van der Waals surface area contributed by atoms with Gasteiger partial charge in [0.25, 0.3) is 0 Å². The molecule has 4 rings (SSSR count). The van der Waals surface area contributed by atoms with Crippen molar-refractivity contribution in [3.63, 3.8) is 0 Å². The van der Waals surface area contributed by atoms with E-state index in [-0.39, 0.29) is 30.6 Å². The zero-order valence-corrected chi connectivity index (χ0v) is 27.0. The van der Waals surface area contributed by atoms with Gasteiger partial charge in [0, 0.05) is 25.4 Å². The number of fused-ring (bicyclic) bond motifs is 1. The number of rotatable bonds is 16. The minimum absolute atomic E-state index is 0.102. The summed E-state index contributed by atoms with van der Waals surface area (Å²) in [5.41, 5.74) is 2.94. The number of esters is 1. The van der Waals surface area contributed by atoms with Crippen LogP contribution in [0.25, 0.3) is 0 Å². The molecule has 0 aromatic heterocycles. The minimum atomic E-state index is -0.155. The third kappa shape index (κ3) is 10.5. The van der Waals surface area contributed by atoms with Crippen LogP contribution in [-0.4, -0.2) is 45.0 Å². The smallest absolute Gasteiger partial charge is 0.305 e. The molecule has 2 unspecified atom stereocenters. The number of carbonyl (C=O) groups excluding carboxylic acids is 1. The molecule has 7 atom stereocenters. The fraction of sp³-hybridized carbons (Fsp3) is 0.806. The summed E-state index contributed by atoms with van der Waals surface area (Å²) in [5, 5.41) is 0. The average Bonchev–Trinajstić information content (AvgIpc) is 3.52. The molecule has 2 aliphatic carbocycles. The van der Waals surface area contributed by atoms with E-state index in [1.807, 2.05) is 0 Å². The SMILES string of the molecule is COC(=O)CCCCC1=C[C@@H]2C[C@@H](OC3CCCCO3)[C@@H](C(=CCC[C@H](C)CCC=C(C)C)OC3CCCCO3)[C@@H]2C1. The van der Waals surface area contributed by atoms with Crippen molar-refractivity contribution >= 4 is 5.97 Å². The number of carbonyl (C=O) groups is 1. The zero-order valence-electron chi connectivity index (χ0n) is 27.0. The van der Waals surface area contributed by atoms with Crippen LogP contribution in [0.15, 0.2) is 35.1 Å². The predicted molar refractivity (Wildman–Crippen MR) is 167 cm³/mol. The van der Waals surface area contributed by atoms with Crippen molar-refractivity contribution in [1.29, 1.82) is 0 Å². The second-order valence-electron chi connectivity index (χ2n) is 13.4. The van der Waals surface area contributed by atoms with E-state index >= 15 is 0 Å². The Hall–Kier alpha value is -1.63. The molecule has 1 saturated carbocycles. The van der Waals surface area contributed by atoms with Crippen LogP contribution in [0.1, 0.15) is 124 Å². The molecule has 0 radical (unpaired) electrons. The molecule has 0 aromatic rings. The van der Waals surface area contributed by atoms with Crippen LogP contribution < -0.4 is 0 Å². The molecule has 2 heterocycles. The van der Waals surface area contributed by atoms with Crippen molar-refractivity contribution < 1.29 is 28.5 Å². The van der Waals surface area contributed by atoms with E-state index in [0.717, 1.165) is 102 Å². The van der Waals surface area contributed by atoms with Gasteiger partial charge in [-0.1, -0.05) is 30.2 Å². The Bertz CT molecular complexity index is 906. The fourth-order valence-corrected chi connectivity index (χ4v) is 7.26. The molecule has 0 spiro atoms. The number of unbranched alkanes of at least 4 members (excludes halogenated alkanes) is 1. The molecule has 0 aromatic carbocycles. The van der Waals surface area contributed by atoms with Crippen LogP contribution in [0.4, 0.5) is 0 Å². The van der Waals surface area contributed by atoms with Crippen molar-refractivity contribution in [2.75, 3.05) is 20.3 Å². The van der Waals surface area contributed by atoms with Crippen LogP contribution in [0.5, 0.6) is 0 Å². The highest BCUT2D eigenvalue weighted by Gasteiger charge is 2.49. The number of hydrogen-bond donors (Lipinski definition) is 0. The second kappa shape index (κ2) is 17.6. The molecule has 6 nitrogen and oxygen atoms in total. The lowest BCUT2D eigenvalue weighted by Gasteiger charge is -2.34. The van der Waals surface area contributed by atoms with E-state index in [0.29, 0.717) is 24.2 Å². The maximum absolute atomic E-state index is 11.6. The normalized spacial score (nSPS) is 30.4. The number of ether oxygens (including phenoxy) is 5. The third-order valence-corrected chi connectivity index (χ3v) is 9.64. The third-order valence-electron chi connectivity index (χ3n) is 9.64. The molecule has 0 N–H and O–H groups in total. The fourth-order valence-electron chi connectivity index (χ4n) is 7.26. The topological polar surface area (TPSA) is 63.2 Å². The first kappa shape index (κ1) is 33.3. The molecule has 4 aliphatic rings. The van der Waals surface area contributed by atoms with Crippen molar-refractivity contribution in [3.8, 4) is 0 Å². The van der Waals surface area contributed by atoms with Crippen LogP contribution in [0.3, 0.4) is 0 Å². The van der Waals surface area contributed by atoms with Gasteiger partial charge in [0.05, 0.1) is 19.8 Å².